The number of anilines is 1. The predicted octanol–water partition coefficient (Wildman–Crippen LogP) is 2.36. The van der Waals surface area contributed by atoms with Gasteiger partial charge in [0.25, 0.3) is 0 Å². The number of nitrogens with zero attached hydrogens (tertiary/aromatic N) is 2. The summed E-state index contributed by atoms with van der Waals surface area (Å²) in [5.41, 5.74) is 1.74. The van der Waals surface area contributed by atoms with Crippen molar-refractivity contribution in [2.45, 2.75) is 58.7 Å². The van der Waals surface area contributed by atoms with E-state index in [0.29, 0.717) is 25.9 Å². The summed E-state index contributed by atoms with van der Waals surface area (Å²) in [5.74, 6) is 0.177. The van der Waals surface area contributed by atoms with Crippen LogP contribution in [0.3, 0.4) is 0 Å². The van der Waals surface area contributed by atoms with Crippen LogP contribution in [0.2, 0.25) is 0 Å². The molecule has 152 valence electrons. The molecule has 0 unspecified atom stereocenters. The van der Waals surface area contributed by atoms with Gasteiger partial charge >= 0.3 is 6.03 Å². The topological polar surface area (TPSA) is 81.8 Å². The lowest BCUT2D eigenvalue weighted by Crippen LogP contribution is -2.62. The molecule has 3 atom stereocenters. The van der Waals surface area contributed by atoms with E-state index in [-0.39, 0.29) is 35.8 Å². The largest absolute Gasteiger partial charge is 0.352 e. The smallest absolute Gasteiger partial charge is 0.322 e. The molecular weight excluding hydrogens is 356 g/mol. The van der Waals surface area contributed by atoms with Crippen LogP contribution in [-0.4, -0.2) is 58.9 Å². The summed E-state index contributed by atoms with van der Waals surface area (Å²) in [6, 6.07) is 6.79. The van der Waals surface area contributed by atoms with E-state index in [9.17, 15) is 14.4 Å². The highest BCUT2D eigenvalue weighted by Crippen LogP contribution is 2.29. The molecule has 3 rings (SSSR count). The molecule has 2 fully saturated rings. The number of hydrogen-bond acceptors (Lipinski definition) is 3. The summed E-state index contributed by atoms with van der Waals surface area (Å²) < 4.78 is 0. The number of amides is 4. The number of para-hydroxylation sites is 1. The minimum absolute atomic E-state index is 0.0160. The first-order chi connectivity index (χ1) is 13.3. The van der Waals surface area contributed by atoms with Crippen molar-refractivity contribution < 1.29 is 14.4 Å². The van der Waals surface area contributed by atoms with Crippen LogP contribution >= 0.6 is 0 Å². The molecule has 0 radical (unpaired) electrons. The van der Waals surface area contributed by atoms with Crippen LogP contribution < -0.4 is 10.6 Å². The Morgan fingerprint density at radius 2 is 1.93 bits per heavy atom. The maximum Gasteiger partial charge on any atom is 0.322 e. The first-order valence-electron chi connectivity index (χ1n) is 9.97. The number of benzene rings is 1. The third kappa shape index (κ3) is 4.29. The second kappa shape index (κ2) is 8.20. The fraction of sp³-hybridized carbons (Fsp3) is 0.571. The Hall–Kier alpha value is -2.57. The first-order valence-corrected chi connectivity index (χ1v) is 9.97. The van der Waals surface area contributed by atoms with Crippen LogP contribution in [0.15, 0.2) is 24.3 Å². The van der Waals surface area contributed by atoms with Gasteiger partial charge in [-0.15, -0.1) is 0 Å². The van der Waals surface area contributed by atoms with Crippen molar-refractivity contribution in [1.82, 2.24) is 15.1 Å². The zero-order chi connectivity index (χ0) is 20.4. The number of urea groups is 1. The Morgan fingerprint density at radius 3 is 2.57 bits per heavy atom. The number of carbonyl (C=O) groups is 3. The number of fused-ring (bicyclic) bond motifs is 1. The Morgan fingerprint density at radius 1 is 1.21 bits per heavy atom. The molecule has 0 aromatic heterocycles. The van der Waals surface area contributed by atoms with Gasteiger partial charge in [-0.1, -0.05) is 32.0 Å². The molecule has 1 aromatic carbocycles. The summed E-state index contributed by atoms with van der Waals surface area (Å²) in [7, 11) is 0. The summed E-state index contributed by atoms with van der Waals surface area (Å²) in [4.78, 5) is 41.2. The lowest BCUT2D eigenvalue weighted by Gasteiger charge is -2.43. The third-order valence-corrected chi connectivity index (χ3v) is 5.52. The highest BCUT2D eigenvalue weighted by molar-refractivity contribution is 5.95. The second-order valence-electron chi connectivity index (χ2n) is 8.32. The molecule has 4 amide bonds. The minimum Gasteiger partial charge on any atom is -0.352 e. The molecule has 0 bridgehead atoms. The minimum atomic E-state index is -0.476. The summed E-state index contributed by atoms with van der Waals surface area (Å²) in [6.07, 6.45) is 1.29. The van der Waals surface area contributed by atoms with Gasteiger partial charge < -0.3 is 20.4 Å². The molecule has 2 aliphatic heterocycles. The Kier molecular flexibility index (Phi) is 5.91. The maximum atomic E-state index is 13.2. The molecule has 2 N–H and O–H groups in total. The van der Waals surface area contributed by atoms with E-state index < -0.39 is 6.04 Å². The van der Waals surface area contributed by atoms with E-state index in [1.54, 1.807) is 4.90 Å². The SMILES string of the molecule is CC(=O)N[C@H]1C[C@H]2CN(C(=O)Nc3ccccc3C)[C@@H](CC(C)C)C(=O)N2C1. The van der Waals surface area contributed by atoms with Crippen LogP contribution in [0, 0.1) is 12.8 Å². The van der Waals surface area contributed by atoms with E-state index in [4.69, 9.17) is 0 Å². The molecule has 2 heterocycles. The van der Waals surface area contributed by atoms with E-state index >= 15 is 0 Å². The normalized spacial score (nSPS) is 24.3. The third-order valence-electron chi connectivity index (χ3n) is 5.52. The Bertz CT molecular complexity index is 764. The predicted molar refractivity (Wildman–Crippen MR) is 108 cm³/mol. The molecular formula is C21H30N4O3. The summed E-state index contributed by atoms with van der Waals surface area (Å²) in [6.45, 7) is 8.55. The molecule has 2 saturated heterocycles. The Balaban J connectivity index is 1.80. The van der Waals surface area contributed by atoms with Crippen LogP contribution in [0.25, 0.3) is 0 Å². The van der Waals surface area contributed by atoms with Crippen molar-refractivity contribution >= 4 is 23.5 Å². The van der Waals surface area contributed by atoms with Gasteiger partial charge in [0.1, 0.15) is 6.04 Å². The molecule has 0 saturated carbocycles. The molecule has 7 nitrogen and oxygen atoms in total. The average molecular weight is 386 g/mol. The number of rotatable bonds is 4. The Labute approximate surface area is 166 Å². The van der Waals surface area contributed by atoms with Crippen molar-refractivity contribution in [1.29, 1.82) is 0 Å². The number of carbonyl (C=O) groups excluding carboxylic acids is 3. The van der Waals surface area contributed by atoms with Crippen molar-refractivity contribution in [3.05, 3.63) is 29.8 Å². The molecule has 2 aliphatic rings. The van der Waals surface area contributed by atoms with E-state index in [1.807, 2.05) is 36.1 Å². The lowest BCUT2D eigenvalue weighted by atomic mass is 9.97. The molecule has 28 heavy (non-hydrogen) atoms. The fourth-order valence-electron chi connectivity index (χ4n) is 4.23. The zero-order valence-corrected chi connectivity index (χ0v) is 17.1. The van der Waals surface area contributed by atoms with Gasteiger partial charge in [-0.2, -0.15) is 0 Å². The highest BCUT2D eigenvalue weighted by atomic mass is 16.2. The molecule has 0 spiro atoms. The van der Waals surface area contributed by atoms with Gasteiger partial charge in [0.15, 0.2) is 0 Å². The van der Waals surface area contributed by atoms with E-state index in [0.717, 1.165) is 11.3 Å². The van der Waals surface area contributed by atoms with Gasteiger partial charge in [0.2, 0.25) is 11.8 Å². The number of aryl methyl sites for hydroxylation is 1. The molecule has 0 aliphatic carbocycles. The highest BCUT2D eigenvalue weighted by Gasteiger charge is 2.47. The van der Waals surface area contributed by atoms with E-state index in [1.165, 1.54) is 6.92 Å². The first kappa shape index (κ1) is 20.2. The zero-order valence-electron chi connectivity index (χ0n) is 17.1. The van der Waals surface area contributed by atoms with Crippen molar-refractivity contribution in [2.75, 3.05) is 18.4 Å². The van der Waals surface area contributed by atoms with Crippen LogP contribution in [0.1, 0.15) is 39.2 Å². The van der Waals surface area contributed by atoms with Crippen molar-refractivity contribution in [3.63, 3.8) is 0 Å². The monoisotopic (exact) mass is 386 g/mol. The quantitative estimate of drug-likeness (QED) is 0.833. The van der Waals surface area contributed by atoms with Gasteiger partial charge in [-0.05, 0) is 37.3 Å². The van der Waals surface area contributed by atoms with Gasteiger partial charge in [-0.3, -0.25) is 9.59 Å². The van der Waals surface area contributed by atoms with Crippen LogP contribution in [-0.2, 0) is 9.59 Å². The van der Waals surface area contributed by atoms with Crippen LogP contribution in [0.5, 0.6) is 0 Å². The van der Waals surface area contributed by atoms with Gasteiger partial charge in [0.05, 0.1) is 6.04 Å². The van der Waals surface area contributed by atoms with E-state index in [2.05, 4.69) is 24.5 Å². The number of hydrogen-bond donors (Lipinski definition) is 2. The number of nitrogens with one attached hydrogen (secondary N) is 2. The molecule has 1 aromatic rings. The van der Waals surface area contributed by atoms with Crippen LogP contribution in [0.4, 0.5) is 10.5 Å². The standard InChI is InChI=1S/C21H30N4O3/c1-13(2)9-19-20(27)24-11-16(22-15(4)26)10-17(24)12-25(19)21(28)23-18-8-6-5-7-14(18)3/h5-8,13,16-17,19H,9-12H2,1-4H3,(H,22,26)(H,23,28)/t16-,17-,19-/m0/s1. The lowest BCUT2D eigenvalue weighted by molar-refractivity contribution is -0.142. The summed E-state index contributed by atoms with van der Waals surface area (Å²) >= 11 is 0. The van der Waals surface area contributed by atoms with Gasteiger partial charge in [-0.25, -0.2) is 4.79 Å². The average Bonchev–Trinajstić information content (AvgIpc) is 3.01. The van der Waals surface area contributed by atoms with Gasteiger partial charge in [0, 0.05) is 31.7 Å². The second-order valence-corrected chi connectivity index (χ2v) is 8.32. The maximum absolute atomic E-state index is 13.2. The number of piperazine rings is 1. The summed E-state index contributed by atoms with van der Waals surface area (Å²) in [5, 5.41) is 5.89. The van der Waals surface area contributed by atoms with Crippen molar-refractivity contribution in [3.8, 4) is 0 Å². The van der Waals surface area contributed by atoms with Crippen molar-refractivity contribution in [2.24, 2.45) is 5.92 Å². The fourth-order valence-corrected chi connectivity index (χ4v) is 4.23. The molecule has 7 heteroatoms.